The topological polar surface area (TPSA) is 90.2 Å². The van der Waals surface area contributed by atoms with Crippen LogP contribution in [0.2, 0.25) is 0 Å². The Bertz CT molecular complexity index is 607. The third-order valence-electron chi connectivity index (χ3n) is 2.66. The molecule has 0 aromatic heterocycles. The summed E-state index contributed by atoms with van der Waals surface area (Å²) in [6.07, 6.45) is 4.10. The van der Waals surface area contributed by atoms with Gasteiger partial charge in [-0.05, 0) is 24.3 Å². The number of hydrogen-bond acceptors (Lipinski definition) is 5. The second-order valence-corrected chi connectivity index (χ2v) is 4.05. The molecule has 0 saturated heterocycles. The summed E-state index contributed by atoms with van der Waals surface area (Å²) in [6.45, 7) is 0.705. The Morgan fingerprint density at radius 2 is 1.40 bits per heavy atom. The van der Waals surface area contributed by atoms with E-state index in [1.165, 1.54) is 5.56 Å². The van der Waals surface area contributed by atoms with E-state index in [0.29, 0.717) is 6.61 Å². The van der Waals surface area contributed by atoms with E-state index in [0.717, 1.165) is 17.9 Å². The van der Waals surface area contributed by atoms with Crippen LogP contribution in [-0.2, 0) is 0 Å². The van der Waals surface area contributed by atoms with Crippen molar-refractivity contribution in [3.63, 3.8) is 0 Å². The lowest BCUT2D eigenvalue weighted by molar-refractivity contribution is 0.346. The first-order chi connectivity index (χ1) is 9.59. The first-order valence-electron chi connectivity index (χ1n) is 5.91. The molecule has 0 aliphatic carbocycles. The van der Waals surface area contributed by atoms with E-state index < -0.39 is 23.0 Å². The molecule has 0 saturated carbocycles. The van der Waals surface area contributed by atoms with Gasteiger partial charge in [-0.25, -0.2) is 0 Å². The number of phenolic OH excluding ortho intramolecular Hbond substituents is 4. The minimum absolute atomic E-state index is 0.463. The quantitative estimate of drug-likeness (QED) is 0.438. The van der Waals surface area contributed by atoms with Crippen molar-refractivity contribution in [2.45, 2.75) is 0 Å². The van der Waals surface area contributed by atoms with E-state index >= 15 is 0 Å². The predicted octanol–water partition coefficient (Wildman–Crippen LogP) is 2.60. The molecule has 2 aromatic carbocycles. The van der Waals surface area contributed by atoms with Gasteiger partial charge in [0.2, 0.25) is 11.5 Å². The van der Waals surface area contributed by atoms with Crippen LogP contribution in [0.25, 0.3) is 6.08 Å². The van der Waals surface area contributed by atoms with Gasteiger partial charge in [0.25, 0.3) is 0 Å². The Labute approximate surface area is 115 Å². The highest BCUT2D eigenvalue weighted by molar-refractivity contribution is 5.58. The predicted molar refractivity (Wildman–Crippen MR) is 74.1 cm³/mol. The monoisotopic (exact) mass is 274 g/mol. The largest absolute Gasteiger partial charge is 0.504 e. The van der Waals surface area contributed by atoms with Gasteiger partial charge in [0.1, 0.15) is 12.4 Å². The number of fused-ring (bicyclic) bond motifs is 1. The van der Waals surface area contributed by atoms with Gasteiger partial charge in [-0.2, -0.15) is 0 Å². The van der Waals surface area contributed by atoms with E-state index in [1.54, 1.807) is 0 Å². The minimum atomic E-state index is -0.708. The van der Waals surface area contributed by atoms with Crippen molar-refractivity contribution in [3.8, 4) is 28.7 Å². The molecule has 5 nitrogen and oxygen atoms in total. The van der Waals surface area contributed by atoms with Crippen molar-refractivity contribution in [2.24, 2.45) is 0 Å². The average molecular weight is 274 g/mol. The van der Waals surface area contributed by atoms with Crippen LogP contribution in [0.5, 0.6) is 28.7 Å². The summed E-state index contributed by atoms with van der Waals surface area (Å²) in [4.78, 5) is 0. The van der Waals surface area contributed by atoms with Gasteiger partial charge in [0, 0.05) is 5.56 Å². The van der Waals surface area contributed by atoms with Gasteiger partial charge in [-0.15, -0.1) is 0 Å². The highest BCUT2D eigenvalue weighted by Crippen LogP contribution is 2.40. The average Bonchev–Trinajstić information content (AvgIpc) is 2.50. The van der Waals surface area contributed by atoms with Gasteiger partial charge in [-0.3, -0.25) is 0 Å². The molecule has 3 rings (SSSR count). The van der Waals surface area contributed by atoms with E-state index in [2.05, 4.69) is 6.08 Å². The zero-order valence-corrected chi connectivity index (χ0v) is 10.5. The van der Waals surface area contributed by atoms with Gasteiger partial charge in [0.15, 0.2) is 11.5 Å². The zero-order chi connectivity index (χ0) is 14.5. The maximum atomic E-state index is 8.73. The fraction of sp³-hybridized carbons (Fsp3) is 0.0667. The van der Waals surface area contributed by atoms with E-state index in [1.807, 2.05) is 30.3 Å². The van der Waals surface area contributed by atoms with Crippen LogP contribution in [0, 0.1) is 0 Å². The fourth-order valence-corrected chi connectivity index (χ4v) is 1.62. The maximum Gasteiger partial charge on any atom is 0.204 e. The van der Waals surface area contributed by atoms with Crippen LogP contribution in [-0.4, -0.2) is 27.0 Å². The van der Waals surface area contributed by atoms with Gasteiger partial charge >= 0.3 is 0 Å². The van der Waals surface area contributed by atoms with Crippen molar-refractivity contribution in [2.75, 3.05) is 6.61 Å². The normalized spacial score (nSPS) is 11.8. The number of phenols is 4. The van der Waals surface area contributed by atoms with E-state index in [-0.39, 0.29) is 0 Å². The molecule has 104 valence electrons. The standard InChI is InChI=1S/C9H8O.C6H6O4/c1-2-6-9-8(4-1)5-3-7-10-9;7-3-1-2-4(8)6(10)5(3)9/h1-6H,7H2;1-2,7-10H. The first kappa shape index (κ1) is 13.6. The molecule has 0 spiro atoms. The van der Waals surface area contributed by atoms with Crippen LogP contribution < -0.4 is 4.74 Å². The summed E-state index contributed by atoms with van der Waals surface area (Å²) < 4.78 is 5.34. The Hall–Kier alpha value is -2.82. The van der Waals surface area contributed by atoms with Crippen LogP contribution in [0.1, 0.15) is 5.56 Å². The molecule has 0 bridgehead atoms. The van der Waals surface area contributed by atoms with Gasteiger partial charge in [0.05, 0.1) is 0 Å². The van der Waals surface area contributed by atoms with Crippen molar-refractivity contribution < 1.29 is 25.2 Å². The smallest absolute Gasteiger partial charge is 0.204 e. The van der Waals surface area contributed by atoms with Crippen molar-refractivity contribution in [1.82, 2.24) is 0 Å². The number of hydrogen-bond donors (Lipinski definition) is 4. The van der Waals surface area contributed by atoms with Crippen LogP contribution in [0.4, 0.5) is 0 Å². The minimum Gasteiger partial charge on any atom is -0.504 e. The van der Waals surface area contributed by atoms with Crippen LogP contribution in [0.15, 0.2) is 42.5 Å². The van der Waals surface area contributed by atoms with Crippen molar-refractivity contribution in [3.05, 3.63) is 48.0 Å². The molecule has 0 unspecified atom stereocenters. The first-order valence-corrected chi connectivity index (χ1v) is 5.91. The summed E-state index contributed by atoms with van der Waals surface area (Å²) in [6, 6.07) is 10.2. The highest BCUT2D eigenvalue weighted by Gasteiger charge is 2.08. The zero-order valence-electron chi connectivity index (χ0n) is 10.5. The van der Waals surface area contributed by atoms with Gasteiger partial charge in [-0.1, -0.05) is 24.3 Å². The fourth-order valence-electron chi connectivity index (χ4n) is 1.62. The molecule has 20 heavy (non-hydrogen) atoms. The Balaban J connectivity index is 0.000000147. The Morgan fingerprint density at radius 1 is 0.800 bits per heavy atom. The van der Waals surface area contributed by atoms with Gasteiger partial charge < -0.3 is 25.2 Å². The molecule has 0 fully saturated rings. The molecule has 0 amide bonds. The lowest BCUT2D eigenvalue weighted by Gasteiger charge is -2.10. The summed E-state index contributed by atoms with van der Waals surface area (Å²) in [7, 11) is 0. The van der Waals surface area contributed by atoms with Crippen LogP contribution >= 0.6 is 0 Å². The second-order valence-electron chi connectivity index (χ2n) is 4.05. The van der Waals surface area contributed by atoms with Crippen molar-refractivity contribution in [1.29, 1.82) is 0 Å². The molecular weight excluding hydrogens is 260 g/mol. The second kappa shape index (κ2) is 5.88. The summed E-state index contributed by atoms with van der Waals surface area (Å²) in [5, 5.41) is 34.9. The third kappa shape index (κ3) is 2.95. The molecule has 2 aromatic rings. The number of aromatic hydroxyl groups is 4. The lowest BCUT2D eigenvalue weighted by atomic mass is 10.1. The Kier molecular flexibility index (Phi) is 4.00. The van der Waals surface area contributed by atoms with E-state index in [9.17, 15) is 0 Å². The molecule has 1 heterocycles. The number of para-hydroxylation sites is 1. The maximum absolute atomic E-state index is 8.73. The van der Waals surface area contributed by atoms with Crippen molar-refractivity contribution >= 4 is 6.08 Å². The number of ether oxygens (including phenoxy) is 1. The summed E-state index contributed by atoms with van der Waals surface area (Å²) in [5.41, 5.74) is 1.17. The molecule has 1 aliphatic rings. The SMILES string of the molecule is C1=Cc2ccccc2OC1.Oc1ccc(O)c(O)c1O. The molecule has 0 radical (unpaired) electrons. The summed E-state index contributed by atoms with van der Waals surface area (Å²) in [5.74, 6) is -1.35. The van der Waals surface area contributed by atoms with E-state index in [4.69, 9.17) is 25.2 Å². The Morgan fingerprint density at radius 3 is 2.00 bits per heavy atom. The molecular formula is C15H14O5. The number of benzene rings is 2. The number of rotatable bonds is 0. The van der Waals surface area contributed by atoms with Crippen LogP contribution in [0.3, 0.4) is 0 Å². The molecule has 1 aliphatic heterocycles. The highest BCUT2D eigenvalue weighted by atomic mass is 16.5. The third-order valence-corrected chi connectivity index (χ3v) is 2.66. The summed E-state index contributed by atoms with van der Waals surface area (Å²) >= 11 is 0. The molecule has 0 atom stereocenters. The molecule has 4 N–H and O–H groups in total. The molecule has 5 heteroatoms. The lowest BCUT2D eigenvalue weighted by Crippen LogP contribution is -1.98.